The molecule has 0 aromatic heterocycles. The molecule has 0 radical (unpaired) electrons. The summed E-state index contributed by atoms with van der Waals surface area (Å²) in [7, 11) is 0. The van der Waals surface area contributed by atoms with E-state index in [0.29, 0.717) is 6.42 Å². The number of rotatable bonds is 51. The second-order valence-corrected chi connectivity index (χ2v) is 19.2. The van der Waals surface area contributed by atoms with Crippen LogP contribution < -0.4 is 5.32 Å². The molecular formula is C57H109NO4. The fraction of sp³-hybridized carbons (Fsp3) is 0.877. The van der Waals surface area contributed by atoms with Crippen molar-refractivity contribution in [3.05, 3.63) is 36.5 Å². The molecule has 0 aromatic carbocycles. The Bertz CT molecular complexity index is 962. The zero-order chi connectivity index (χ0) is 45.1. The van der Waals surface area contributed by atoms with Gasteiger partial charge < -0.3 is 20.6 Å². The summed E-state index contributed by atoms with van der Waals surface area (Å²) in [6.07, 6.45) is 67.6. The van der Waals surface area contributed by atoms with Crippen LogP contribution in [0.25, 0.3) is 0 Å². The number of nitrogens with one attached hydrogen (secondary N) is 1. The number of allylic oxidation sites excluding steroid dienone is 5. The van der Waals surface area contributed by atoms with Gasteiger partial charge in [0.2, 0.25) is 5.91 Å². The van der Waals surface area contributed by atoms with Crippen molar-refractivity contribution in [2.45, 2.75) is 315 Å². The number of unbranched alkanes of at least 4 members (excludes halogenated alkanes) is 38. The summed E-state index contributed by atoms with van der Waals surface area (Å²) in [4.78, 5) is 12.5. The van der Waals surface area contributed by atoms with Crippen molar-refractivity contribution in [2.75, 3.05) is 6.61 Å². The van der Waals surface area contributed by atoms with E-state index < -0.39 is 18.2 Å². The van der Waals surface area contributed by atoms with Gasteiger partial charge in [-0.3, -0.25) is 4.79 Å². The summed E-state index contributed by atoms with van der Waals surface area (Å²) in [6.45, 7) is 4.23. The summed E-state index contributed by atoms with van der Waals surface area (Å²) in [5.41, 5.74) is 0. The Kier molecular flexibility index (Phi) is 51.0. The number of carbonyl (C=O) groups excluding carboxylic acids is 1. The van der Waals surface area contributed by atoms with Gasteiger partial charge in [0.05, 0.1) is 31.3 Å². The molecule has 62 heavy (non-hydrogen) atoms. The molecule has 0 aliphatic carbocycles. The topological polar surface area (TPSA) is 89.8 Å². The van der Waals surface area contributed by atoms with E-state index in [1.54, 1.807) is 6.08 Å². The van der Waals surface area contributed by atoms with Crippen molar-refractivity contribution in [2.24, 2.45) is 0 Å². The number of aliphatic hydroxyl groups excluding tert-OH is 3. The van der Waals surface area contributed by atoms with Gasteiger partial charge in [0, 0.05) is 0 Å². The van der Waals surface area contributed by atoms with Crippen LogP contribution in [-0.2, 0) is 4.79 Å². The number of hydrogen-bond acceptors (Lipinski definition) is 4. The fourth-order valence-corrected chi connectivity index (χ4v) is 8.65. The Labute approximate surface area is 387 Å². The van der Waals surface area contributed by atoms with Crippen molar-refractivity contribution in [1.29, 1.82) is 0 Å². The summed E-state index contributed by atoms with van der Waals surface area (Å²) in [5, 5.41) is 33.4. The van der Waals surface area contributed by atoms with E-state index in [1.807, 2.05) is 6.08 Å². The molecule has 0 heterocycles. The van der Waals surface area contributed by atoms with Crippen LogP contribution in [0.15, 0.2) is 36.5 Å². The zero-order valence-electron chi connectivity index (χ0n) is 41.8. The number of aliphatic hydroxyl groups is 3. The predicted octanol–water partition coefficient (Wildman–Crippen LogP) is 17.1. The van der Waals surface area contributed by atoms with E-state index in [1.165, 1.54) is 238 Å². The Morgan fingerprint density at radius 3 is 1.03 bits per heavy atom. The van der Waals surface area contributed by atoms with Crippen LogP contribution in [0.2, 0.25) is 0 Å². The molecule has 0 aliphatic heterocycles. The maximum absolute atomic E-state index is 12.5. The predicted molar refractivity (Wildman–Crippen MR) is 273 cm³/mol. The van der Waals surface area contributed by atoms with Gasteiger partial charge in [0.1, 0.15) is 0 Å². The molecule has 5 nitrogen and oxygen atoms in total. The van der Waals surface area contributed by atoms with Gasteiger partial charge in [0.25, 0.3) is 0 Å². The molecule has 3 atom stereocenters. The van der Waals surface area contributed by atoms with Gasteiger partial charge in [-0.15, -0.1) is 0 Å². The SMILES string of the molecule is CCCCCCCCCCCCCC/C=C\CCCCCCCCCCCCCCCC(O)CC(=O)NC(CO)C(O)/C=C/CC/C=C/CCCCCCCCCCCCCC. The lowest BCUT2D eigenvalue weighted by Crippen LogP contribution is -2.45. The third-order valence-corrected chi connectivity index (χ3v) is 12.9. The van der Waals surface area contributed by atoms with Crippen LogP contribution >= 0.6 is 0 Å². The molecule has 0 saturated carbocycles. The Hall–Kier alpha value is -1.43. The van der Waals surface area contributed by atoms with E-state index in [2.05, 4.69) is 43.5 Å². The van der Waals surface area contributed by atoms with Gasteiger partial charge >= 0.3 is 0 Å². The van der Waals surface area contributed by atoms with Crippen LogP contribution in [-0.4, -0.2) is 46.1 Å². The van der Waals surface area contributed by atoms with Gasteiger partial charge in [-0.1, -0.05) is 269 Å². The molecular weight excluding hydrogens is 763 g/mol. The molecule has 0 aliphatic rings. The molecule has 5 heteroatoms. The number of amides is 1. The third-order valence-electron chi connectivity index (χ3n) is 12.9. The van der Waals surface area contributed by atoms with Crippen LogP contribution in [0.4, 0.5) is 0 Å². The van der Waals surface area contributed by atoms with E-state index >= 15 is 0 Å². The van der Waals surface area contributed by atoms with E-state index in [0.717, 1.165) is 32.1 Å². The van der Waals surface area contributed by atoms with Crippen molar-refractivity contribution >= 4 is 5.91 Å². The highest BCUT2D eigenvalue weighted by Crippen LogP contribution is 2.17. The fourth-order valence-electron chi connectivity index (χ4n) is 8.65. The first-order chi connectivity index (χ1) is 30.5. The molecule has 0 fully saturated rings. The van der Waals surface area contributed by atoms with Gasteiger partial charge in [-0.05, 0) is 57.8 Å². The van der Waals surface area contributed by atoms with Crippen LogP contribution in [0, 0.1) is 0 Å². The molecule has 1 amide bonds. The van der Waals surface area contributed by atoms with Crippen molar-refractivity contribution in [3.8, 4) is 0 Å². The van der Waals surface area contributed by atoms with Crippen molar-refractivity contribution in [1.82, 2.24) is 5.32 Å². The first kappa shape index (κ1) is 60.6. The van der Waals surface area contributed by atoms with E-state index in [4.69, 9.17) is 0 Å². The second-order valence-electron chi connectivity index (χ2n) is 19.2. The lowest BCUT2D eigenvalue weighted by molar-refractivity contribution is -0.124. The van der Waals surface area contributed by atoms with Crippen molar-refractivity contribution in [3.63, 3.8) is 0 Å². The maximum Gasteiger partial charge on any atom is 0.222 e. The number of hydrogen-bond donors (Lipinski definition) is 4. The Morgan fingerprint density at radius 1 is 0.403 bits per heavy atom. The molecule has 4 N–H and O–H groups in total. The monoisotopic (exact) mass is 872 g/mol. The van der Waals surface area contributed by atoms with Crippen molar-refractivity contribution < 1.29 is 20.1 Å². The first-order valence-electron chi connectivity index (χ1n) is 27.8. The second kappa shape index (κ2) is 52.2. The molecule has 0 bridgehead atoms. The van der Waals surface area contributed by atoms with Gasteiger partial charge in [-0.25, -0.2) is 0 Å². The third kappa shape index (κ3) is 48.0. The highest BCUT2D eigenvalue weighted by molar-refractivity contribution is 5.76. The first-order valence-corrected chi connectivity index (χ1v) is 27.8. The quantitative estimate of drug-likeness (QED) is 0.0362. The summed E-state index contributed by atoms with van der Waals surface area (Å²) < 4.78 is 0. The van der Waals surface area contributed by atoms with Crippen LogP contribution in [0.3, 0.4) is 0 Å². The minimum atomic E-state index is -0.952. The average molecular weight is 873 g/mol. The van der Waals surface area contributed by atoms with Crippen LogP contribution in [0.1, 0.15) is 296 Å². The smallest absolute Gasteiger partial charge is 0.222 e. The average Bonchev–Trinajstić information content (AvgIpc) is 3.27. The molecule has 0 rings (SSSR count). The maximum atomic E-state index is 12.5. The lowest BCUT2D eigenvalue weighted by Gasteiger charge is -2.21. The molecule has 0 spiro atoms. The Morgan fingerprint density at radius 2 is 0.694 bits per heavy atom. The zero-order valence-corrected chi connectivity index (χ0v) is 41.8. The van der Waals surface area contributed by atoms with Gasteiger partial charge in [-0.2, -0.15) is 0 Å². The van der Waals surface area contributed by atoms with Crippen LogP contribution in [0.5, 0.6) is 0 Å². The summed E-state index contributed by atoms with van der Waals surface area (Å²) >= 11 is 0. The molecule has 0 aromatic rings. The number of carbonyl (C=O) groups is 1. The standard InChI is InChI=1S/C57H109NO4/c1-3-5-7-9-11-13-15-17-19-21-23-24-25-26-27-28-29-30-31-32-33-34-36-38-40-42-44-46-48-50-54(60)52-57(62)58-55(53-59)56(61)51-49-47-45-43-41-39-37-35-22-20-18-16-14-12-10-8-6-4-2/h26-27,41,43,49,51,54-56,59-61H,3-25,28-40,42,44-48,50,52-53H2,1-2H3,(H,58,62)/b27-26-,43-41+,51-49+. The summed E-state index contributed by atoms with van der Waals surface area (Å²) in [5.74, 6) is -0.322. The minimum Gasteiger partial charge on any atom is -0.394 e. The highest BCUT2D eigenvalue weighted by Gasteiger charge is 2.20. The highest BCUT2D eigenvalue weighted by atomic mass is 16.3. The lowest BCUT2D eigenvalue weighted by atomic mass is 10.0. The largest absolute Gasteiger partial charge is 0.394 e. The van der Waals surface area contributed by atoms with Gasteiger partial charge in [0.15, 0.2) is 0 Å². The normalized spacial score (nSPS) is 13.6. The molecule has 0 saturated heterocycles. The minimum absolute atomic E-state index is 0.00745. The van der Waals surface area contributed by atoms with E-state index in [9.17, 15) is 20.1 Å². The molecule has 3 unspecified atom stereocenters. The summed E-state index contributed by atoms with van der Waals surface area (Å²) in [6, 6.07) is -0.761. The molecule has 366 valence electrons. The van der Waals surface area contributed by atoms with E-state index in [-0.39, 0.29) is 18.9 Å². The Balaban J connectivity index is 3.57.